The molecule has 0 aliphatic carbocycles. The topological polar surface area (TPSA) is 37.4 Å². The lowest BCUT2D eigenvalue weighted by Gasteiger charge is -2.33. The van der Waals surface area contributed by atoms with Crippen molar-refractivity contribution >= 4 is 12.4 Å². The van der Waals surface area contributed by atoms with Crippen LogP contribution in [-0.2, 0) is 6.54 Å². The van der Waals surface area contributed by atoms with Crippen molar-refractivity contribution in [2.24, 2.45) is 0 Å². The molecule has 5 heteroatoms. The molecule has 1 aromatic heterocycles. The van der Waals surface area contributed by atoms with E-state index in [0.29, 0.717) is 6.04 Å². The molecule has 0 radical (unpaired) electrons. The van der Waals surface area contributed by atoms with Gasteiger partial charge in [-0.2, -0.15) is 0 Å². The summed E-state index contributed by atoms with van der Waals surface area (Å²) in [6, 6.07) is 4.46. The van der Waals surface area contributed by atoms with Crippen LogP contribution in [0.1, 0.15) is 12.6 Å². The zero-order chi connectivity index (χ0) is 11.4. The molecular formula is C12H20ClN3O. The van der Waals surface area contributed by atoms with E-state index in [9.17, 15) is 0 Å². The summed E-state index contributed by atoms with van der Waals surface area (Å²) in [5.74, 6) is 0.882. The van der Waals surface area contributed by atoms with Crippen molar-refractivity contribution in [2.75, 3.05) is 26.7 Å². The Morgan fingerprint density at radius 3 is 3.12 bits per heavy atom. The second-order valence-electron chi connectivity index (χ2n) is 4.21. The van der Waals surface area contributed by atoms with Crippen LogP contribution in [0.15, 0.2) is 18.3 Å². The maximum atomic E-state index is 5.20. The number of halogens is 1. The van der Waals surface area contributed by atoms with Gasteiger partial charge < -0.3 is 10.1 Å². The molecule has 1 saturated heterocycles. The maximum Gasteiger partial charge on any atom is 0.122 e. The van der Waals surface area contributed by atoms with E-state index >= 15 is 0 Å². The second-order valence-corrected chi connectivity index (χ2v) is 4.21. The highest BCUT2D eigenvalue weighted by Crippen LogP contribution is 2.13. The molecule has 0 saturated carbocycles. The molecule has 0 spiro atoms. The number of nitrogens with one attached hydrogen (secondary N) is 1. The molecule has 0 amide bonds. The monoisotopic (exact) mass is 257 g/mol. The van der Waals surface area contributed by atoms with Crippen LogP contribution < -0.4 is 10.1 Å². The molecule has 4 nitrogen and oxygen atoms in total. The summed E-state index contributed by atoms with van der Waals surface area (Å²) in [4.78, 5) is 6.82. The average molecular weight is 258 g/mol. The van der Waals surface area contributed by atoms with Gasteiger partial charge in [-0.05, 0) is 13.0 Å². The second kappa shape index (κ2) is 6.79. The Hall–Kier alpha value is -0.840. The van der Waals surface area contributed by atoms with Crippen molar-refractivity contribution in [3.63, 3.8) is 0 Å². The normalized spacial score (nSPS) is 20.7. The highest BCUT2D eigenvalue weighted by molar-refractivity contribution is 5.85. The molecule has 2 heterocycles. The summed E-state index contributed by atoms with van der Waals surface area (Å²) in [5, 5.41) is 3.39. The largest absolute Gasteiger partial charge is 0.497 e. The molecule has 1 atom stereocenters. The van der Waals surface area contributed by atoms with Gasteiger partial charge in [-0.1, -0.05) is 0 Å². The van der Waals surface area contributed by atoms with E-state index in [2.05, 4.69) is 22.1 Å². The van der Waals surface area contributed by atoms with Crippen molar-refractivity contribution in [1.29, 1.82) is 0 Å². The SMILES string of the molecule is COc1ccnc(CN2CCNCC2C)c1.Cl. The molecule has 96 valence electrons. The van der Waals surface area contributed by atoms with E-state index < -0.39 is 0 Å². The molecular weight excluding hydrogens is 238 g/mol. The molecule has 1 aliphatic rings. The van der Waals surface area contributed by atoms with E-state index in [1.54, 1.807) is 13.3 Å². The minimum atomic E-state index is 0. The lowest BCUT2D eigenvalue weighted by molar-refractivity contribution is 0.163. The molecule has 0 aromatic carbocycles. The van der Waals surface area contributed by atoms with Gasteiger partial charge in [-0.3, -0.25) is 9.88 Å². The Morgan fingerprint density at radius 2 is 2.41 bits per heavy atom. The van der Waals surface area contributed by atoms with Gasteiger partial charge in [0.1, 0.15) is 5.75 Å². The van der Waals surface area contributed by atoms with Gasteiger partial charge in [0.2, 0.25) is 0 Å². The molecule has 1 N–H and O–H groups in total. The van der Waals surface area contributed by atoms with Crippen LogP contribution >= 0.6 is 12.4 Å². The first kappa shape index (κ1) is 14.2. The number of pyridine rings is 1. The van der Waals surface area contributed by atoms with Gasteiger partial charge in [0.15, 0.2) is 0 Å². The van der Waals surface area contributed by atoms with Gasteiger partial charge in [0.25, 0.3) is 0 Å². The molecule has 17 heavy (non-hydrogen) atoms. The predicted molar refractivity (Wildman–Crippen MR) is 70.8 cm³/mol. The molecule has 1 unspecified atom stereocenters. The summed E-state index contributed by atoms with van der Waals surface area (Å²) < 4.78 is 5.20. The zero-order valence-corrected chi connectivity index (χ0v) is 11.2. The van der Waals surface area contributed by atoms with Crippen LogP contribution in [0.2, 0.25) is 0 Å². The first-order valence-corrected chi connectivity index (χ1v) is 5.73. The number of nitrogens with zero attached hydrogens (tertiary/aromatic N) is 2. The van der Waals surface area contributed by atoms with Gasteiger partial charge in [0, 0.05) is 44.5 Å². The Morgan fingerprint density at radius 1 is 1.59 bits per heavy atom. The van der Waals surface area contributed by atoms with E-state index in [1.165, 1.54) is 0 Å². The standard InChI is InChI=1S/C12H19N3O.ClH/c1-10-8-13-5-6-15(10)9-11-7-12(16-2)3-4-14-11;/h3-4,7,10,13H,5-6,8-9H2,1-2H3;1H. The minimum Gasteiger partial charge on any atom is -0.497 e. The molecule has 2 rings (SSSR count). The van der Waals surface area contributed by atoms with Crippen LogP contribution in [-0.4, -0.2) is 42.7 Å². The van der Waals surface area contributed by atoms with Crippen molar-refractivity contribution in [3.05, 3.63) is 24.0 Å². The quantitative estimate of drug-likeness (QED) is 0.886. The fraction of sp³-hybridized carbons (Fsp3) is 0.583. The van der Waals surface area contributed by atoms with E-state index in [0.717, 1.165) is 37.6 Å². The van der Waals surface area contributed by atoms with Gasteiger partial charge >= 0.3 is 0 Å². The zero-order valence-electron chi connectivity index (χ0n) is 10.3. The van der Waals surface area contributed by atoms with Crippen molar-refractivity contribution in [3.8, 4) is 5.75 Å². The van der Waals surface area contributed by atoms with Crippen molar-refractivity contribution in [2.45, 2.75) is 19.5 Å². The summed E-state index contributed by atoms with van der Waals surface area (Å²) >= 11 is 0. The van der Waals surface area contributed by atoms with Crippen LogP contribution in [0.5, 0.6) is 5.75 Å². The third-order valence-electron chi connectivity index (χ3n) is 3.03. The Bertz CT molecular complexity index is 348. The number of hydrogen-bond acceptors (Lipinski definition) is 4. The summed E-state index contributed by atoms with van der Waals surface area (Å²) in [5.41, 5.74) is 1.08. The molecule has 1 fully saturated rings. The molecule has 1 aromatic rings. The van der Waals surface area contributed by atoms with Gasteiger partial charge in [0.05, 0.1) is 12.8 Å². The Labute approximate surface area is 109 Å². The smallest absolute Gasteiger partial charge is 0.122 e. The minimum absolute atomic E-state index is 0. The number of methoxy groups -OCH3 is 1. The van der Waals surface area contributed by atoms with E-state index in [1.807, 2.05) is 12.1 Å². The van der Waals surface area contributed by atoms with Crippen LogP contribution in [0.3, 0.4) is 0 Å². The van der Waals surface area contributed by atoms with Gasteiger partial charge in [-0.25, -0.2) is 0 Å². The maximum absolute atomic E-state index is 5.20. The Balaban J connectivity index is 0.00000144. The number of ether oxygens (including phenoxy) is 1. The van der Waals surface area contributed by atoms with Crippen LogP contribution in [0.4, 0.5) is 0 Å². The number of aromatic nitrogens is 1. The van der Waals surface area contributed by atoms with Crippen molar-refractivity contribution < 1.29 is 4.74 Å². The molecule has 0 bridgehead atoms. The number of piperazine rings is 1. The fourth-order valence-corrected chi connectivity index (χ4v) is 2.00. The number of hydrogen-bond donors (Lipinski definition) is 1. The first-order chi connectivity index (χ1) is 7.79. The lowest BCUT2D eigenvalue weighted by atomic mass is 10.2. The van der Waals surface area contributed by atoms with Crippen LogP contribution in [0.25, 0.3) is 0 Å². The average Bonchev–Trinajstić information content (AvgIpc) is 2.32. The predicted octanol–water partition coefficient (Wildman–Crippen LogP) is 1.31. The summed E-state index contributed by atoms with van der Waals surface area (Å²) in [6.45, 7) is 6.35. The van der Waals surface area contributed by atoms with Crippen LogP contribution in [0, 0.1) is 0 Å². The third-order valence-corrected chi connectivity index (χ3v) is 3.03. The van der Waals surface area contributed by atoms with Gasteiger partial charge in [-0.15, -0.1) is 12.4 Å². The Kier molecular flexibility index (Phi) is 5.68. The molecule has 1 aliphatic heterocycles. The van der Waals surface area contributed by atoms with Crippen molar-refractivity contribution in [1.82, 2.24) is 15.2 Å². The first-order valence-electron chi connectivity index (χ1n) is 5.73. The van der Waals surface area contributed by atoms with E-state index in [-0.39, 0.29) is 12.4 Å². The summed E-state index contributed by atoms with van der Waals surface area (Å²) in [6.07, 6.45) is 1.81. The fourth-order valence-electron chi connectivity index (χ4n) is 2.00. The third kappa shape index (κ3) is 3.84. The van der Waals surface area contributed by atoms with E-state index in [4.69, 9.17) is 4.74 Å². The summed E-state index contributed by atoms with van der Waals surface area (Å²) in [7, 11) is 1.69. The number of rotatable bonds is 3. The highest BCUT2D eigenvalue weighted by Gasteiger charge is 2.18. The lowest BCUT2D eigenvalue weighted by Crippen LogP contribution is -2.49. The highest BCUT2D eigenvalue weighted by atomic mass is 35.5.